The van der Waals surface area contributed by atoms with Crippen LogP contribution in [0.4, 0.5) is 0 Å². The second-order valence-corrected chi connectivity index (χ2v) is 4.31. The molecule has 0 unspecified atom stereocenters. The maximum atomic E-state index is 5.62. The number of oxazole rings is 1. The van der Waals surface area contributed by atoms with E-state index in [-0.39, 0.29) is 0 Å². The third kappa shape index (κ3) is 1.52. The summed E-state index contributed by atoms with van der Waals surface area (Å²) in [6, 6.07) is 0. The molecule has 0 amide bonds. The van der Waals surface area contributed by atoms with E-state index in [4.69, 9.17) is 4.42 Å². The number of aryl methyl sites for hydroxylation is 2. The summed E-state index contributed by atoms with van der Waals surface area (Å²) in [4.78, 5) is 8.89. The quantitative estimate of drug-likeness (QED) is 0.715. The van der Waals surface area contributed by atoms with Gasteiger partial charge in [0.2, 0.25) is 5.71 Å². The monoisotopic (exact) mass is 204 g/mol. The summed E-state index contributed by atoms with van der Waals surface area (Å²) in [6.45, 7) is 10.3. The van der Waals surface area contributed by atoms with Crippen molar-refractivity contribution in [3.63, 3.8) is 0 Å². The molecule has 0 N–H and O–H groups in total. The third-order valence-electron chi connectivity index (χ3n) is 2.85. The van der Waals surface area contributed by atoms with Gasteiger partial charge in [-0.3, -0.25) is 0 Å². The van der Waals surface area contributed by atoms with Crippen molar-refractivity contribution < 1.29 is 4.42 Å². The first-order valence-corrected chi connectivity index (χ1v) is 5.25. The minimum atomic E-state index is 0.305. The maximum Gasteiger partial charge on any atom is 0.247 e. The molecule has 2 aromatic rings. The number of hydrogen-bond acceptors (Lipinski definition) is 3. The van der Waals surface area contributed by atoms with Crippen LogP contribution in [0.5, 0.6) is 0 Å². The Labute approximate surface area is 89.5 Å². The van der Waals surface area contributed by atoms with E-state index in [9.17, 15) is 0 Å². The van der Waals surface area contributed by atoms with Crippen LogP contribution in [0, 0.1) is 20.8 Å². The lowest BCUT2D eigenvalue weighted by atomic mass is 10.1. The van der Waals surface area contributed by atoms with Gasteiger partial charge >= 0.3 is 0 Å². The molecule has 0 aromatic carbocycles. The van der Waals surface area contributed by atoms with E-state index in [0.717, 1.165) is 17.1 Å². The summed E-state index contributed by atoms with van der Waals surface area (Å²) in [5, 5.41) is 0. The Kier molecular flexibility index (Phi) is 2.25. The van der Waals surface area contributed by atoms with Gasteiger partial charge in [0.15, 0.2) is 5.89 Å². The van der Waals surface area contributed by atoms with E-state index in [2.05, 4.69) is 37.7 Å². The summed E-state index contributed by atoms with van der Waals surface area (Å²) in [5.41, 5.74) is 4.96. The Balaban J connectivity index is 2.76. The van der Waals surface area contributed by atoms with Crippen LogP contribution in [-0.4, -0.2) is 9.97 Å². The van der Waals surface area contributed by atoms with Crippen LogP contribution in [0.25, 0.3) is 11.2 Å². The molecule has 0 saturated heterocycles. The average Bonchev–Trinajstić information content (AvgIpc) is 2.58. The molecular weight excluding hydrogens is 188 g/mol. The van der Waals surface area contributed by atoms with E-state index < -0.39 is 0 Å². The zero-order valence-corrected chi connectivity index (χ0v) is 9.88. The highest BCUT2D eigenvalue weighted by Crippen LogP contribution is 2.25. The highest BCUT2D eigenvalue weighted by atomic mass is 16.4. The normalized spacial score (nSPS) is 11.6. The van der Waals surface area contributed by atoms with Gasteiger partial charge in [-0.25, -0.2) is 9.97 Å². The van der Waals surface area contributed by atoms with Gasteiger partial charge in [-0.1, -0.05) is 13.8 Å². The van der Waals surface area contributed by atoms with Crippen molar-refractivity contribution >= 4 is 11.2 Å². The molecule has 0 radical (unpaired) electrons. The topological polar surface area (TPSA) is 38.9 Å². The molecule has 2 heterocycles. The molecule has 0 fully saturated rings. The minimum Gasteiger partial charge on any atom is -0.422 e. The van der Waals surface area contributed by atoms with Crippen LogP contribution >= 0.6 is 0 Å². The van der Waals surface area contributed by atoms with Crippen LogP contribution in [0.15, 0.2) is 4.42 Å². The number of fused-ring (bicyclic) bond motifs is 1. The molecule has 0 saturated carbocycles. The van der Waals surface area contributed by atoms with Crippen LogP contribution in [0.1, 0.15) is 42.5 Å². The van der Waals surface area contributed by atoms with E-state index >= 15 is 0 Å². The first kappa shape index (κ1) is 10.1. The summed E-state index contributed by atoms with van der Waals surface area (Å²) in [5.74, 6) is 1.07. The lowest BCUT2D eigenvalue weighted by molar-refractivity contribution is 0.494. The Hall–Kier alpha value is -1.38. The summed E-state index contributed by atoms with van der Waals surface area (Å²) >= 11 is 0. The van der Waals surface area contributed by atoms with Gasteiger partial charge in [0.1, 0.15) is 5.52 Å². The lowest BCUT2D eigenvalue weighted by Gasteiger charge is -2.01. The SMILES string of the molecule is Cc1nc2oc(C(C)C)nc2c(C)c1C. The predicted molar refractivity (Wildman–Crippen MR) is 60.1 cm³/mol. The number of rotatable bonds is 1. The van der Waals surface area contributed by atoms with Crippen molar-refractivity contribution in [1.82, 2.24) is 9.97 Å². The van der Waals surface area contributed by atoms with Gasteiger partial charge in [0, 0.05) is 11.6 Å². The minimum absolute atomic E-state index is 0.305. The van der Waals surface area contributed by atoms with E-state index in [1.54, 1.807) is 0 Å². The molecule has 80 valence electrons. The standard InChI is InChI=1S/C12H16N2O/c1-6(2)11-14-10-8(4)7(3)9(5)13-12(10)15-11/h6H,1-5H3. The molecule has 0 bridgehead atoms. The molecule has 3 heteroatoms. The fraction of sp³-hybridized carbons (Fsp3) is 0.500. The van der Waals surface area contributed by atoms with E-state index in [1.807, 2.05) is 6.92 Å². The van der Waals surface area contributed by atoms with E-state index in [1.165, 1.54) is 11.1 Å². The van der Waals surface area contributed by atoms with Crippen molar-refractivity contribution in [3.05, 3.63) is 22.7 Å². The van der Waals surface area contributed by atoms with Crippen LogP contribution in [-0.2, 0) is 0 Å². The first-order valence-electron chi connectivity index (χ1n) is 5.25. The van der Waals surface area contributed by atoms with Crippen molar-refractivity contribution in [1.29, 1.82) is 0 Å². The Morgan fingerprint density at radius 3 is 2.27 bits per heavy atom. The molecule has 0 aliphatic rings. The Bertz CT molecular complexity index is 512. The first-order chi connectivity index (χ1) is 7.00. The maximum absolute atomic E-state index is 5.62. The second kappa shape index (κ2) is 3.33. The van der Waals surface area contributed by atoms with Crippen LogP contribution < -0.4 is 0 Å². The predicted octanol–water partition coefficient (Wildman–Crippen LogP) is 3.27. The highest BCUT2D eigenvalue weighted by molar-refractivity contribution is 5.74. The van der Waals surface area contributed by atoms with Crippen molar-refractivity contribution in [2.24, 2.45) is 0 Å². The van der Waals surface area contributed by atoms with Gasteiger partial charge in [-0.2, -0.15) is 0 Å². The van der Waals surface area contributed by atoms with Crippen LogP contribution in [0.3, 0.4) is 0 Å². The molecule has 0 spiro atoms. The Morgan fingerprint density at radius 2 is 1.67 bits per heavy atom. The molecule has 0 aliphatic carbocycles. The molecule has 15 heavy (non-hydrogen) atoms. The number of hydrogen-bond donors (Lipinski definition) is 0. The van der Waals surface area contributed by atoms with Crippen molar-refractivity contribution in [2.45, 2.75) is 40.5 Å². The third-order valence-corrected chi connectivity index (χ3v) is 2.85. The molecule has 2 rings (SSSR count). The number of pyridine rings is 1. The van der Waals surface area contributed by atoms with E-state index in [0.29, 0.717) is 11.6 Å². The van der Waals surface area contributed by atoms with Crippen molar-refractivity contribution in [2.75, 3.05) is 0 Å². The zero-order valence-electron chi connectivity index (χ0n) is 9.88. The largest absolute Gasteiger partial charge is 0.422 e. The van der Waals surface area contributed by atoms with Gasteiger partial charge in [0.05, 0.1) is 0 Å². The number of aromatic nitrogens is 2. The molecule has 3 nitrogen and oxygen atoms in total. The molecular formula is C12H16N2O. The molecule has 2 aromatic heterocycles. The summed E-state index contributed by atoms with van der Waals surface area (Å²) in [6.07, 6.45) is 0. The fourth-order valence-electron chi connectivity index (χ4n) is 1.58. The zero-order chi connectivity index (χ0) is 11.2. The lowest BCUT2D eigenvalue weighted by Crippen LogP contribution is -1.92. The van der Waals surface area contributed by atoms with Crippen molar-refractivity contribution in [3.8, 4) is 0 Å². The van der Waals surface area contributed by atoms with Gasteiger partial charge in [0.25, 0.3) is 0 Å². The Morgan fingerprint density at radius 1 is 1.00 bits per heavy atom. The number of nitrogens with zero attached hydrogens (tertiary/aromatic N) is 2. The van der Waals surface area contributed by atoms with Gasteiger partial charge < -0.3 is 4.42 Å². The highest BCUT2D eigenvalue weighted by Gasteiger charge is 2.14. The van der Waals surface area contributed by atoms with Gasteiger partial charge in [-0.05, 0) is 31.9 Å². The van der Waals surface area contributed by atoms with Gasteiger partial charge in [-0.15, -0.1) is 0 Å². The summed E-state index contributed by atoms with van der Waals surface area (Å²) in [7, 11) is 0. The summed E-state index contributed by atoms with van der Waals surface area (Å²) < 4.78 is 5.62. The average molecular weight is 204 g/mol. The molecule has 0 aliphatic heterocycles. The fourth-order valence-corrected chi connectivity index (χ4v) is 1.58. The van der Waals surface area contributed by atoms with Crippen LogP contribution in [0.2, 0.25) is 0 Å². The second-order valence-electron chi connectivity index (χ2n) is 4.31. The molecule has 0 atom stereocenters. The smallest absolute Gasteiger partial charge is 0.247 e.